The molecule has 0 amide bonds. The number of rotatable bonds is 5. The highest BCUT2D eigenvalue weighted by Gasteiger charge is 2.51. The summed E-state index contributed by atoms with van der Waals surface area (Å²) in [4.78, 5) is 22.0. The molecular formula is C17H15ClN2O6. The van der Waals surface area contributed by atoms with Gasteiger partial charge < -0.3 is 9.47 Å². The quantitative estimate of drug-likeness (QED) is 0.582. The molecular weight excluding hydrogens is 364 g/mol. The highest BCUT2D eigenvalue weighted by Crippen LogP contribution is 2.47. The summed E-state index contributed by atoms with van der Waals surface area (Å²) >= 11 is 5.89. The van der Waals surface area contributed by atoms with Gasteiger partial charge in [-0.15, -0.1) is 0 Å². The maximum absolute atomic E-state index is 11.8. The van der Waals surface area contributed by atoms with Gasteiger partial charge in [-0.3, -0.25) is 20.2 Å². The first-order chi connectivity index (χ1) is 12.4. The third-order valence-electron chi connectivity index (χ3n) is 4.38. The molecule has 9 heteroatoms. The molecule has 1 heterocycles. The molecule has 0 fully saturated rings. The van der Waals surface area contributed by atoms with E-state index in [0.717, 1.165) is 0 Å². The number of halogens is 1. The zero-order chi connectivity index (χ0) is 18.8. The number of ether oxygens (including phenoxy) is 2. The minimum Gasteiger partial charge on any atom is -0.496 e. The van der Waals surface area contributed by atoms with Gasteiger partial charge in [0.2, 0.25) is 6.54 Å². The van der Waals surface area contributed by atoms with Gasteiger partial charge in [-0.1, -0.05) is 29.8 Å². The lowest BCUT2D eigenvalue weighted by Crippen LogP contribution is -2.43. The van der Waals surface area contributed by atoms with E-state index in [2.05, 4.69) is 0 Å². The predicted molar refractivity (Wildman–Crippen MR) is 93.2 cm³/mol. The molecule has 0 spiro atoms. The maximum Gasteiger partial charge on any atom is 0.266 e. The Morgan fingerprint density at radius 3 is 2.42 bits per heavy atom. The molecule has 0 radical (unpaired) electrons. The smallest absolute Gasteiger partial charge is 0.266 e. The van der Waals surface area contributed by atoms with Gasteiger partial charge in [-0.25, -0.2) is 0 Å². The van der Waals surface area contributed by atoms with Crippen LogP contribution in [0.4, 0.5) is 0 Å². The van der Waals surface area contributed by atoms with Crippen LogP contribution in [0.5, 0.6) is 11.5 Å². The van der Waals surface area contributed by atoms with Crippen molar-refractivity contribution in [2.75, 3.05) is 13.7 Å². The molecule has 3 atom stereocenters. The first-order valence-corrected chi connectivity index (χ1v) is 8.14. The molecule has 0 unspecified atom stereocenters. The van der Waals surface area contributed by atoms with E-state index in [-0.39, 0.29) is 0 Å². The van der Waals surface area contributed by atoms with Gasteiger partial charge in [0.15, 0.2) is 6.10 Å². The molecule has 136 valence electrons. The fraction of sp³-hybridized carbons (Fsp3) is 0.294. The van der Waals surface area contributed by atoms with Crippen molar-refractivity contribution in [1.82, 2.24) is 0 Å². The molecule has 0 N–H and O–H groups in total. The summed E-state index contributed by atoms with van der Waals surface area (Å²) in [5, 5.41) is 23.5. The van der Waals surface area contributed by atoms with Crippen LogP contribution >= 0.6 is 11.6 Å². The van der Waals surface area contributed by atoms with E-state index < -0.39 is 34.5 Å². The number of hydrogen-bond donors (Lipinski definition) is 0. The maximum atomic E-state index is 11.8. The van der Waals surface area contributed by atoms with Crippen molar-refractivity contribution in [3.05, 3.63) is 78.8 Å². The first kappa shape index (κ1) is 17.9. The van der Waals surface area contributed by atoms with Crippen LogP contribution in [0.1, 0.15) is 23.1 Å². The molecule has 8 nitrogen and oxygen atoms in total. The van der Waals surface area contributed by atoms with E-state index in [0.29, 0.717) is 27.6 Å². The second-order valence-corrected chi connectivity index (χ2v) is 6.30. The Bertz CT molecular complexity index is 842. The fourth-order valence-corrected chi connectivity index (χ4v) is 3.42. The number of nitrogens with zero attached hydrogens (tertiary/aromatic N) is 2. The minimum absolute atomic E-state index is 0.329. The van der Waals surface area contributed by atoms with Crippen LogP contribution in [0.15, 0.2) is 42.5 Å². The summed E-state index contributed by atoms with van der Waals surface area (Å²) in [5.74, 6) is -0.328. The minimum atomic E-state index is -1.34. The van der Waals surface area contributed by atoms with E-state index in [1.807, 2.05) is 0 Å². The van der Waals surface area contributed by atoms with Crippen molar-refractivity contribution in [1.29, 1.82) is 0 Å². The SMILES string of the molecule is COc1cccc2c1[C@@H](C[N+](=O)[O-])[C@H]([N+](=O)[O-])[C@H](c1ccc(Cl)cc1)O2. The lowest BCUT2D eigenvalue weighted by atomic mass is 9.82. The van der Waals surface area contributed by atoms with E-state index in [4.69, 9.17) is 21.1 Å². The molecule has 2 aromatic rings. The number of benzene rings is 2. The van der Waals surface area contributed by atoms with Gasteiger partial charge in [0.05, 0.1) is 12.7 Å². The summed E-state index contributed by atoms with van der Waals surface area (Å²) in [5.41, 5.74) is 0.872. The van der Waals surface area contributed by atoms with Gasteiger partial charge in [0.25, 0.3) is 6.04 Å². The zero-order valence-electron chi connectivity index (χ0n) is 13.7. The second kappa shape index (κ2) is 7.17. The monoisotopic (exact) mass is 378 g/mol. The molecule has 0 aromatic heterocycles. The topological polar surface area (TPSA) is 105 Å². The molecule has 3 rings (SSSR count). The Kier molecular flexibility index (Phi) is 4.94. The first-order valence-electron chi connectivity index (χ1n) is 7.76. The van der Waals surface area contributed by atoms with Crippen LogP contribution < -0.4 is 9.47 Å². The number of fused-ring (bicyclic) bond motifs is 1. The molecule has 1 aliphatic rings. The van der Waals surface area contributed by atoms with Gasteiger partial charge in [-0.05, 0) is 29.8 Å². The fourth-order valence-electron chi connectivity index (χ4n) is 3.29. The zero-order valence-corrected chi connectivity index (χ0v) is 14.5. The Hall–Kier alpha value is -2.87. The van der Waals surface area contributed by atoms with Gasteiger partial charge in [-0.2, -0.15) is 0 Å². The molecule has 1 aliphatic heterocycles. The molecule has 0 aliphatic carbocycles. The molecule has 26 heavy (non-hydrogen) atoms. The lowest BCUT2D eigenvalue weighted by Gasteiger charge is -2.33. The van der Waals surface area contributed by atoms with Crippen molar-refractivity contribution >= 4 is 11.6 Å². The van der Waals surface area contributed by atoms with E-state index in [1.54, 1.807) is 42.5 Å². The van der Waals surface area contributed by atoms with Crippen molar-refractivity contribution in [3.63, 3.8) is 0 Å². The van der Waals surface area contributed by atoms with E-state index in [9.17, 15) is 20.2 Å². The summed E-state index contributed by atoms with van der Waals surface area (Å²) in [6, 6.07) is 10.0. The highest BCUT2D eigenvalue weighted by atomic mass is 35.5. The van der Waals surface area contributed by atoms with Crippen molar-refractivity contribution < 1.29 is 19.3 Å². The van der Waals surface area contributed by atoms with Crippen LogP contribution in [0.2, 0.25) is 5.02 Å². The Balaban J connectivity index is 2.16. The van der Waals surface area contributed by atoms with Crippen LogP contribution in [-0.4, -0.2) is 29.5 Å². The summed E-state index contributed by atoms with van der Waals surface area (Å²) in [7, 11) is 1.41. The Morgan fingerprint density at radius 1 is 1.15 bits per heavy atom. The second-order valence-electron chi connectivity index (χ2n) is 5.86. The Labute approximate surface area is 153 Å². The van der Waals surface area contributed by atoms with Crippen molar-refractivity contribution in [2.24, 2.45) is 0 Å². The highest BCUT2D eigenvalue weighted by molar-refractivity contribution is 6.30. The van der Waals surface area contributed by atoms with Crippen molar-refractivity contribution in [3.8, 4) is 11.5 Å². The third kappa shape index (κ3) is 3.28. The number of hydrogen-bond acceptors (Lipinski definition) is 6. The summed E-state index contributed by atoms with van der Waals surface area (Å²) in [6.45, 7) is -0.605. The summed E-state index contributed by atoms with van der Waals surface area (Å²) in [6.07, 6.45) is -0.980. The normalized spacial score (nSPS) is 21.4. The Morgan fingerprint density at radius 2 is 1.85 bits per heavy atom. The van der Waals surface area contributed by atoms with Crippen LogP contribution in [0.25, 0.3) is 0 Å². The number of methoxy groups -OCH3 is 1. The standard InChI is InChI=1S/C17H15ClN2O6/c1-25-13-3-2-4-14-15(13)12(9-19(21)22)16(20(23)24)17(26-14)10-5-7-11(18)8-6-10/h2-8,12,16-17H,9H2,1H3/t12-,16+,17+/m1/s1. The lowest BCUT2D eigenvalue weighted by molar-refractivity contribution is -0.558. The van der Waals surface area contributed by atoms with Gasteiger partial charge in [0.1, 0.15) is 17.4 Å². The largest absolute Gasteiger partial charge is 0.496 e. The molecule has 0 saturated heterocycles. The molecule has 0 saturated carbocycles. The third-order valence-corrected chi connectivity index (χ3v) is 4.63. The van der Waals surface area contributed by atoms with Gasteiger partial charge >= 0.3 is 0 Å². The predicted octanol–water partition coefficient (Wildman–Crippen LogP) is 3.49. The average Bonchev–Trinajstić information content (AvgIpc) is 2.60. The summed E-state index contributed by atoms with van der Waals surface area (Å²) < 4.78 is 11.2. The molecule has 0 bridgehead atoms. The average molecular weight is 379 g/mol. The van der Waals surface area contributed by atoms with Crippen LogP contribution in [-0.2, 0) is 0 Å². The van der Waals surface area contributed by atoms with E-state index >= 15 is 0 Å². The van der Waals surface area contributed by atoms with Crippen LogP contribution in [0, 0.1) is 20.2 Å². The van der Waals surface area contributed by atoms with E-state index in [1.165, 1.54) is 7.11 Å². The van der Waals surface area contributed by atoms with Gasteiger partial charge in [0, 0.05) is 14.9 Å². The number of nitro groups is 2. The molecule has 2 aromatic carbocycles. The van der Waals surface area contributed by atoms with Crippen molar-refractivity contribution in [2.45, 2.75) is 18.1 Å². The van der Waals surface area contributed by atoms with Crippen LogP contribution in [0.3, 0.4) is 0 Å².